The number of halogens is 1. The molecule has 128 valence electrons. The van der Waals surface area contributed by atoms with Crippen LogP contribution in [0, 0.1) is 5.82 Å². The van der Waals surface area contributed by atoms with Gasteiger partial charge >= 0.3 is 0 Å². The summed E-state index contributed by atoms with van der Waals surface area (Å²) in [7, 11) is 0. The molecule has 25 heavy (non-hydrogen) atoms. The van der Waals surface area contributed by atoms with Crippen LogP contribution in [0.5, 0.6) is 0 Å². The lowest BCUT2D eigenvalue weighted by Gasteiger charge is -2.31. The van der Waals surface area contributed by atoms with Gasteiger partial charge in [-0.2, -0.15) is 0 Å². The number of nitrogens with zero attached hydrogens (tertiary/aromatic N) is 1. The highest BCUT2D eigenvalue weighted by molar-refractivity contribution is 5.83. The molecule has 0 aromatic heterocycles. The molecule has 3 aromatic carbocycles. The Hall–Kier alpha value is -2.23. The second-order valence-corrected chi connectivity index (χ2v) is 6.70. The lowest BCUT2D eigenvalue weighted by atomic mass is 9.94. The normalized spacial score (nSPS) is 17.3. The summed E-state index contributed by atoms with van der Waals surface area (Å²) < 4.78 is 13.9. The van der Waals surface area contributed by atoms with Crippen molar-refractivity contribution in [3.05, 3.63) is 83.7 Å². The van der Waals surface area contributed by atoms with E-state index in [2.05, 4.69) is 52.7 Å². The molecule has 0 aliphatic carbocycles. The van der Waals surface area contributed by atoms with E-state index in [1.165, 1.54) is 22.4 Å². The van der Waals surface area contributed by atoms with E-state index in [-0.39, 0.29) is 11.9 Å². The van der Waals surface area contributed by atoms with Crippen molar-refractivity contribution in [2.75, 3.05) is 26.2 Å². The zero-order chi connectivity index (χ0) is 17.1. The first-order chi connectivity index (χ1) is 12.3. The van der Waals surface area contributed by atoms with Gasteiger partial charge in [0.25, 0.3) is 0 Å². The van der Waals surface area contributed by atoms with Gasteiger partial charge in [0.2, 0.25) is 0 Å². The first-order valence-corrected chi connectivity index (χ1v) is 9.00. The highest BCUT2D eigenvalue weighted by atomic mass is 19.1. The zero-order valence-electron chi connectivity index (χ0n) is 14.3. The largest absolute Gasteiger partial charge is 0.315 e. The third-order valence-electron chi connectivity index (χ3n) is 4.99. The fourth-order valence-corrected chi connectivity index (χ4v) is 3.79. The van der Waals surface area contributed by atoms with Gasteiger partial charge in [0.1, 0.15) is 5.82 Å². The quantitative estimate of drug-likeness (QED) is 0.765. The lowest BCUT2D eigenvalue weighted by Crippen LogP contribution is -2.33. The summed E-state index contributed by atoms with van der Waals surface area (Å²) in [5, 5.41) is 5.93. The van der Waals surface area contributed by atoms with Crippen LogP contribution in [-0.4, -0.2) is 31.1 Å². The van der Waals surface area contributed by atoms with Crippen molar-refractivity contribution in [3.63, 3.8) is 0 Å². The summed E-state index contributed by atoms with van der Waals surface area (Å²) in [6, 6.07) is 22.2. The Morgan fingerprint density at radius 2 is 1.64 bits per heavy atom. The Balaban J connectivity index is 1.80. The van der Waals surface area contributed by atoms with Crippen molar-refractivity contribution in [2.24, 2.45) is 0 Å². The van der Waals surface area contributed by atoms with Crippen LogP contribution >= 0.6 is 0 Å². The molecule has 0 saturated carbocycles. The maximum Gasteiger partial charge on any atom is 0.123 e. The molecule has 0 amide bonds. The van der Waals surface area contributed by atoms with E-state index in [0.717, 1.165) is 38.2 Å². The molecule has 1 heterocycles. The van der Waals surface area contributed by atoms with Gasteiger partial charge < -0.3 is 5.32 Å². The Labute approximate surface area is 148 Å². The number of benzene rings is 3. The number of hydrogen-bond donors (Lipinski definition) is 1. The Morgan fingerprint density at radius 1 is 0.800 bits per heavy atom. The van der Waals surface area contributed by atoms with Gasteiger partial charge in [-0.25, -0.2) is 4.39 Å². The molecule has 1 aliphatic rings. The van der Waals surface area contributed by atoms with Gasteiger partial charge in [0.15, 0.2) is 0 Å². The molecule has 1 N–H and O–H groups in total. The third-order valence-corrected chi connectivity index (χ3v) is 4.99. The highest BCUT2D eigenvalue weighted by Gasteiger charge is 2.23. The molecule has 3 heteroatoms. The van der Waals surface area contributed by atoms with Gasteiger partial charge in [-0.3, -0.25) is 4.90 Å². The Morgan fingerprint density at radius 3 is 2.52 bits per heavy atom. The summed E-state index contributed by atoms with van der Waals surface area (Å²) in [6.45, 7) is 4.00. The van der Waals surface area contributed by atoms with Crippen molar-refractivity contribution in [3.8, 4) is 0 Å². The Bertz CT molecular complexity index is 853. The van der Waals surface area contributed by atoms with Gasteiger partial charge in [0, 0.05) is 19.6 Å². The molecule has 1 unspecified atom stereocenters. The number of rotatable bonds is 3. The fourth-order valence-electron chi connectivity index (χ4n) is 3.79. The average molecular weight is 334 g/mol. The molecular formula is C22H23FN2. The molecule has 1 atom stereocenters. The number of nitrogens with one attached hydrogen (secondary N) is 1. The predicted octanol–water partition coefficient (Wildman–Crippen LogP) is 4.36. The fraction of sp³-hybridized carbons (Fsp3) is 0.273. The topological polar surface area (TPSA) is 15.3 Å². The van der Waals surface area contributed by atoms with E-state index in [9.17, 15) is 4.39 Å². The standard InChI is InChI=1S/C22H23FN2/c23-21-8-3-7-19(16-21)22(25-13-4-11-24-12-14-25)20-10-9-17-5-1-2-6-18(17)15-20/h1-3,5-10,15-16,22,24H,4,11-14H2. The van der Waals surface area contributed by atoms with Gasteiger partial charge in [0.05, 0.1) is 6.04 Å². The summed E-state index contributed by atoms with van der Waals surface area (Å²) in [5.41, 5.74) is 2.25. The van der Waals surface area contributed by atoms with Gasteiger partial charge in [-0.1, -0.05) is 48.5 Å². The Kier molecular flexibility index (Phi) is 4.77. The van der Waals surface area contributed by atoms with Crippen LogP contribution in [0.1, 0.15) is 23.6 Å². The molecular weight excluding hydrogens is 311 g/mol. The lowest BCUT2D eigenvalue weighted by molar-refractivity contribution is 0.241. The average Bonchev–Trinajstić information content (AvgIpc) is 2.91. The molecule has 0 spiro atoms. The first kappa shape index (κ1) is 16.2. The molecule has 1 aliphatic heterocycles. The zero-order valence-corrected chi connectivity index (χ0v) is 14.3. The molecule has 1 saturated heterocycles. The van der Waals surface area contributed by atoms with E-state index in [0.29, 0.717) is 0 Å². The van der Waals surface area contributed by atoms with Crippen LogP contribution in [0.4, 0.5) is 4.39 Å². The highest BCUT2D eigenvalue weighted by Crippen LogP contribution is 2.31. The van der Waals surface area contributed by atoms with Crippen LogP contribution < -0.4 is 5.32 Å². The van der Waals surface area contributed by atoms with Gasteiger partial charge in [-0.05, 0) is 53.1 Å². The van der Waals surface area contributed by atoms with Gasteiger partial charge in [-0.15, -0.1) is 0 Å². The van der Waals surface area contributed by atoms with Crippen molar-refractivity contribution < 1.29 is 4.39 Å². The predicted molar refractivity (Wildman–Crippen MR) is 101 cm³/mol. The van der Waals surface area contributed by atoms with E-state index < -0.39 is 0 Å². The van der Waals surface area contributed by atoms with Crippen LogP contribution in [0.3, 0.4) is 0 Å². The molecule has 2 nitrogen and oxygen atoms in total. The summed E-state index contributed by atoms with van der Waals surface area (Å²) in [6.07, 6.45) is 1.11. The number of fused-ring (bicyclic) bond motifs is 1. The summed E-state index contributed by atoms with van der Waals surface area (Å²) >= 11 is 0. The SMILES string of the molecule is Fc1cccc(C(c2ccc3ccccc3c2)N2CCCNCC2)c1. The summed E-state index contributed by atoms with van der Waals surface area (Å²) in [5.74, 6) is -0.170. The number of hydrogen-bond acceptors (Lipinski definition) is 2. The molecule has 1 fully saturated rings. The van der Waals surface area contributed by atoms with E-state index in [1.807, 2.05) is 12.1 Å². The molecule has 3 aromatic rings. The van der Waals surface area contributed by atoms with Crippen LogP contribution in [-0.2, 0) is 0 Å². The first-order valence-electron chi connectivity index (χ1n) is 9.00. The molecule has 4 rings (SSSR count). The second kappa shape index (κ2) is 7.34. The minimum atomic E-state index is -0.170. The molecule has 0 radical (unpaired) electrons. The van der Waals surface area contributed by atoms with Crippen LogP contribution in [0.25, 0.3) is 10.8 Å². The minimum absolute atomic E-state index is 0.0835. The van der Waals surface area contributed by atoms with Crippen molar-refractivity contribution in [2.45, 2.75) is 12.5 Å². The van der Waals surface area contributed by atoms with Crippen molar-refractivity contribution in [1.82, 2.24) is 10.2 Å². The molecule has 0 bridgehead atoms. The summed E-state index contributed by atoms with van der Waals surface area (Å²) in [4.78, 5) is 2.47. The monoisotopic (exact) mass is 334 g/mol. The maximum atomic E-state index is 13.9. The van der Waals surface area contributed by atoms with E-state index in [4.69, 9.17) is 0 Å². The third kappa shape index (κ3) is 3.58. The minimum Gasteiger partial charge on any atom is -0.315 e. The van der Waals surface area contributed by atoms with Crippen molar-refractivity contribution >= 4 is 10.8 Å². The van der Waals surface area contributed by atoms with Crippen LogP contribution in [0.15, 0.2) is 66.7 Å². The maximum absolute atomic E-state index is 13.9. The van der Waals surface area contributed by atoms with Crippen LogP contribution in [0.2, 0.25) is 0 Å². The van der Waals surface area contributed by atoms with E-state index >= 15 is 0 Å². The second-order valence-electron chi connectivity index (χ2n) is 6.70. The van der Waals surface area contributed by atoms with E-state index in [1.54, 1.807) is 6.07 Å². The smallest absolute Gasteiger partial charge is 0.123 e. The van der Waals surface area contributed by atoms with Crippen molar-refractivity contribution in [1.29, 1.82) is 0 Å².